The lowest BCUT2D eigenvalue weighted by molar-refractivity contribution is -0.116. The van der Waals surface area contributed by atoms with Crippen LogP contribution < -0.4 is 5.32 Å². The molecule has 1 atom stereocenters. The highest BCUT2D eigenvalue weighted by molar-refractivity contribution is 7.84. The Morgan fingerprint density at radius 3 is 2.88 bits per heavy atom. The predicted octanol–water partition coefficient (Wildman–Crippen LogP) is 1.89. The number of rotatable bonds is 6. The van der Waals surface area contributed by atoms with E-state index < -0.39 is 10.8 Å². The fourth-order valence-electron chi connectivity index (χ4n) is 2.95. The van der Waals surface area contributed by atoms with Gasteiger partial charge >= 0.3 is 0 Å². The van der Waals surface area contributed by atoms with E-state index in [1.54, 1.807) is 0 Å². The first-order chi connectivity index (χ1) is 11.7. The number of amides is 1. The fraction of sp³-hybridized carbons (Fsp3) is 0.500. The third-order valence-corrected chi connectivity index (χ3v) is 5.97. The summed E-state index contributed by atoms with van der Waals surface area (Å²) in [5.41, 5.74) is 1.69. The van der Waals surface area contributed by atoms with E-state index in [0.29, 0.717) is 16.7 Å². The summed E-state index contributed by atoms with van der Waals surface area (Å²) in [7, 11) is -0.848. The number of carbonyl (C=O) groups excluding carboxylic acids is 1. The van der Waals surface area contributed by atoms with Crippen LogP contribution in [-0.2, 0) is 27.9 Å². The van der Waals surface area contributed by atoms with Crippen molar-refractivity contribution in [3.63, 3.8) is 0 Å². The molecule has 0 aliphatic heterocycles. The number of tetrazole rings is 1. The molecule has 8 heteroatoms. The molecule has 24 heavy (non-hydrogen) atoms. The summed E-state index contributed by atoms with van der Waals surface area (Å²) in [4.78, 5) is 12.0. The maximum atomic E-state index is 12.5. The van der Waals surface area contributed by atoms with Crippen LogP contribution in [0.5, 0.6) is 0 Å². The van der Waals surface area contributed by atoms with E-state index in [0.717, 1.165) is 18.4 Å². The van der Waals surface area contributed by atoms with Gasteiger partial charge in [0.15, 0.2) is 0 Å². The molecule has 3 rings (SSSR count). The van der Waals surface area contributed by atoms with Gasteiger partial charge in [-0.2, -0.15) is 0 Å². The van der Waals surface area contributed by atoms with Crippen LogP contribution in [0, 0.1) is 0 Å². The number of aromatic nitrogens is 4. The molecule has 128 valence electrons. The topological polar surface area (TPSA) is 89.8 Å². The van der Waals surface area contributed by atoms with E-state index in [-0.39, 0.29) is 12.5 Å². The van der Waals surface area contributed by atoms with Crippen molar-refractivity contribution in [2.45, 2.75) is 49.7 Å². The van der Waals surface area contributed by atoms with Crippen LogP contribution in [0.3, 0.4) is 0 Å². The number of nitrogens with zero attached hydrogens (tertiary/aromatic N) is 4. The van der Waals surface area contributed by atoms with Gasteiger partial charge in [0.1, 0.15) is 12.9 Å². The highest BCUT2D eigenvalue weighted by Crippen LogP contribution is 2.24. The maximum Gasteiger partial charge on any atom is 0.246 e. The van der Waals surface area contributed by atoms with Gasteiger partial charge in [-0.3, -0.25) is 9.00 Å². The van der Waals surface area contributed by atoms with Crippen LogP contribution in [0.1, 0.15) is 37.7 Å². The fourth-order valence-corrected chi connectivity index (χ4v) is 4.55. The first-order valence-electron chi connectivity index (χ1n) is 8.17. The summed E-state index contributed by atoms with van der Waals surface area (Å²) in [5, 5.41) is 13.8. The van der Waals surface area contributed by atoms with Crippen molar-refractivity contribution in [2.24, 2.45) is 0 Å². The first kappa shape index (κ1) is 16.8. The van der Waals surface area contributed by atoms with E-state index in [9.17, 15) is 9.00 Å². The van der Waals surface area contributed by atoms with Crippen molar-refractivity contribution >= 4 is 22.4 Å². The Labute approximate surface area is 143 Å². The van der Waals surface area contributed by atoms with Crippen molar-refractivity contribution in [3.05, 3.63) is 36.2 Å². The largest absolute Gasteiger partial charge is 0.324 e. The summed E-state index contributed by atoms with van der Waals surface area (Å²) in [6, 6.07) is 7.54. The molecule has 1 aromatic carbocycles. The smallest absolute Gasteiger partial charge is 0.246 e. The number of benzene rings is 1. The minimum absolute atomic E-state index is 0.0607. The van der Waals surface area contributed by atoms with Gasteiger partial charge in [-0.1, -0.05) is 31.4 Å². The van der Waals surface area contributed by atoms with Crippen LogP contribution in [0.25, 0.3) is 0 Å². The Morgan fingerprint density at radius 1 is 1.29 bits per heavy atom. The van der Waals surface area contributed by atoms with Crippen molar-refractivity contribution in [1.82, 2.24) is 20.2 Å². The molecule has 7 nitrogen and oxygen atoms in total. The highest BCUT2D eigenvalue weighted by atomic mass is 32.2. The highest BCUT2D eigenvalue weighted by Gasteiger charge is 2.19. The molecule has 1 N–H and O–H groups in total. The monoisotopic (exact) mass is 347 g/mol. The average Bonchev–Trinajstić information content (AvgIpc) is 3.08. The third-order valence-electron chi connectivity index (χ3n) is 4.14. The van der Waals surface area contributed by atoms with E-state index in [1.165, 1.54) is 30.3 Å². The second-order valence-corrected chi connectivity index (χ2v) is 7.76. The summed E-state index contributed by atoms with van der Waals surface area (Å²) in [5.74, 6) is 0.342. The lowest BCUT2D eigenvalue weighted by Crippen LogP contribution is -2.20. The quantitative estimate of drug-likeness (QED) is 0.862. The number of anilines is 1. The van der Waals surface area contributed by atoms with Gasteiger partial charge in [0, 0.05) is 27.5 Å². The Bertz CT molecular complexity index is 698. The molecular formula is C16H21N5O2S. The molecule has 1 amide bonds. The second-order valence-electron chi connectivity index (χ2n) is 6.04. The number of hydrogen-bond acceptors (Lipinski definition) is 5. The molecule has 0 spiro atoms. The molecule has 1 unspecified atom stereocenters. The molecule has 0 bridgehead atoms. The molecule has 1 fully saturated rings. The predicted molar refractivity (Wildman–Crippen MR) is 91.6 cm³/mol. The van der Waals surface area contributed by atoms with E-state index in [4.69, 9.17) is 0 Å². The Hall–Kier alpha value is -2.09. The minimum Gasteiger partial charge on any atom is -0.324 e. The maximum absolute atomic E-state index is 12.5. The van der Waals surface area contributed by atoms with Crippen LogP contribution in [-0.4, -0.2) is 35.6 Å². The summed E-state index contributed by atoms with van der Waals surface area (Å²) in [6.45, 7) is 0.0607. The average molecular weight is 347 g/mol. The van der Waals surface area contributed by atoms with E-state index in [1.807, 2.05) is 24.3 Å². The van der Waals surface area contributed by atoms with Crippen LogP contribution >= 0.6 is 0 Å². The van der Waals surface area contributed by atoms with Crippen LogP contribution in [0.15, 0.2) is 30.6 Å². The molecule has 1 saturated carbocycles. The molecule has 2 aromatic rings. The van der Waals surface area contributed by atoms with Crippen LogP contribution in [0.4, 0.5) is 5.69 Å². The number of carbonyl (C=O) groups is 1. The molecule has 0 radical (unpaired) electrons. The summed E-state index contributed by atoms with van der Waals surface area (Å²) >= 11 is 0. The molecule has 1 aliphatic rings. The van der Waals surface area contributed by atoms with E-state index >= 15 is 0 Å². The first-order valence-corrected chi connectivity index (χ1v) is 9.55. The molecular weight excluding hydrogens is 326 g/mol. The molecule has 1 heterocycles. The van der Waals surface area contributed by atoms with Crippen LogP contribution in [0.2, 0.25) is 0 Å². The van der Waals surface area contributed by atoms with Gasteiger partial charge in [-0.05, 0) is 41.0 Å². The standard InChI is InChI=1S/C16H21N5O2S/c22-16(10-21-12-17-19-20-21)18-14-6-4-5-13(9-14)11-24(23)15-7-2-1-3-8-15/h4-6,9,12,15H,1-3,7-8,10-11H2,(H,18,22). The van der Waals surface area contributed by atoms with Crippen molar-refractivity contribution < 1.29 is 9.00 Å². The second kappa shape index (κ2) is 8.14. The summed E-state index contributed by atoms with van der Waals surface area (Å²) in [6.07, 6.45) is 7.15. The van der Waals surface area contributed by atoms with Crippen molar-refractivity contribution in [3.8, 4) is 0 Å². The SMILES string of the molecule is O=C(Cn1cnnn1)Nc1cccc(CS(=O)C2CCCCC2)c1. The lowest BCUT2D eigenvalue weighted by Gasteiger charge is -2.21. The zero-order chi connectivity index (χ0) is 16.8. The Kier molecular flexibility index (Phi) is 5.68. The van der Waals surface area contributed by atoms with Crippen molar-refractivity contribution in [1.29, 1.82) is 0 Å². The van der Waals surface area contributed by atoms with Gasteiger partial charge in [-0.15, -0.1) is 5.10 Å². The third kappa shape index (κ3) is 4.70. The van der Waals surface area contributed by atoms with Gasteiger partial charge in [0.05, 0.1) is 0 Å². The summed E-state index contributed by atoms with van der Waals surface area (Å²) < 4.78 is 13.9. The zero-order valence-corrected chi connectivity index (χ0v) is 14.2. The normalized spacial score (nSPS) is 16.7. The molecule has 1 aliphatic carbocycles. The zero-order valence-electron chi connectivity index (χ0n) is 13.4. The minimum atomic E-state index is -0.848. The van der Waals surface area contributed by atoms with Gasteiger partial charge in [-0.25, -0.2) is 4.68 Å². The molecule has 1 aromatic heterocycles. The van der Waals surface area contributed by atoms with Gasteiger partial charge in [0.2, 0.25) is 5.91 Å². The van der Waals surface area contributed by atoms with Crippen molar-refractivity contribution in [2.75, 3.05) is 5.32 Å². The molecule has 0 saturated heterocycles. The van der Waals surface area contributed by atoms with Gasteiger partial charge in [0.25, 0.3) is 0 Å². The van der Waals surface area contributed by atoms with Gasteiger partial charge < -0.3 is 5.32 Å². The lowest BCUT2D eigenvalue weighted by atomic mass is 10.0. The Morgan fingerprint density at radius 2 is 2.12 bits per heavy atom. The Balaban J connectivity index is 1.57. The number of nitrogens with one attached hydrogen (secondary N) is 1. The van der Waals surface area contributed by atoms with E-state index in [2.05, 4.69) is 20.8 Å². The number of hydrogen-bond donors (Lipinski definition) is 1.